The number of unbranched alkanes of at least 4 members (excludes halogenated alkanes) is 3. The van der Waals surface area contributed by atoms with Crippen LogP contribution in [-0.4, -0.2) is 37.8 Å². The summed E-state index contributed by atoms with van der Waals surface area (Å²) in [5.41, 5.74) is 1.02. The highest BCUT2D eigenvalue weighted by molar-refractivity contribution is 7.94. The lowest BCUT2D eigenvalue weighted by atomic mass is 10.0. The average molecular weight is 501 g/mol. The highest BCUT2D eigenvalue weighted by Gasteiger charge is 2.44. The SMILES string of the molecule is CCCCCCOc1ccc2cc(CCCC(P(=O)(OCC)OCC)S(=O)(=O)O)ccc2c1. The summed E-state index contributed by atoms with van der Waals surface area (Å²) in [6.07, 6.45) is 5.59. The van der Waals surface area contributed by atoms with Gasteiger partial charge < -0.3 is 13.8 Å². The summed E-state index contributed by atoms with van der Waals surface area (Å²) in [7, 11) is -8.59. The first kappa shape index (κ1) is 27.8. The smallest absolute Gasteiger partial charge is 0.351 e. The molecule has 0 fully saturated rings. The van der Waals surface area contributed by atoms with E-state index >= 15 is 0 Å². The van der Waals surface area contributed by atoms with Crippen molar-refractivity contribution in [1.29, 1.82) is 0 Å². The molecule has 0 spiro atoms. The molecule has 0 saturated heterocycles. The third-order valence-corrected chi connectivity index (χ3v) is 10.1. The van der Waals surface area contributed by atoms with Gasteiger partial charge in [-0.1, -0.05) is 50.5 Å². The summed E-state index contributed by atoms with van der Waals surface area (Å²) in [6.45, 7) is 6.16. The van der Waals surface area contributed by atoms with Crippen LogP contribution < -0.4 is 4.74 Å². The van der Waals surface area contributed by atoms with E-state index in [9.17, 15) is 17.5 Å². The minimum Gasteiger partial charge on any atom is -0.494 e. The first-order chi connectivity index (χ1) is 15.7. The lowest BCUT2D eigenvalue weighted by molar-refractivity contribution is 0.215. The predicted octanol–water partition coefficient (Wildman–Crippen LogP) is 6.60. The maximum Gasteiger partial charge on any atom is 0.351 e. The summed E-state index contributed by atoms with van der Waals surface area (Å²) in [4.78, 5) is -1.60. The number of hydrogen-bond donors (Lipinski definition) is 1. The third-order valence-electron chi connectivity index (χ3n) is 5.37. The second-order valence-electron chi connectivity index (χ2n) is 7.99. The van der Waals surface area contributed by atoms with Crippen molar-refractivity contribution in [3.05, 3.63) is 42.0 Å². The molecular formula is C24H37O7PS. The Morgan fingerprint density at radius 1 is 0.909 bits per heavy atom. The number of hydrogen-bond acceptors (Lipinski definition) is 6. The topological polar surface area (TPSA) is 99.1 Å². The van der Waals surface area contributed by atoms with Crippen LogP contribution >= 0.6 is 7.60 Å². The molecule has 0 saturated carbocycles. The molecule has 0 bridgehead atoms. The van der Waals surface area contributed by atoms with Crippen LogP contribution in [0.2, 0.25) is 0 Å². The lowest BCUT2D eigenvalue weighted by Gasteiger charge is -2.24. The molecule has 2 aromatic carbocycles. The maximum absolute atomic E-state index is 12.9. The molecule has 2 rings (SSSR count). The summed E-state index contributed by atoms with van der Waals surface area (Å²) in [6, 6.07) is 12.0. The molecule has 0 radical (unpaired) electrons. The molecular weight excluding hydrogens is 463 g/mol. The van der Waals surface area contributed by atoms with Crippen LogP contribution in [0.1, 0.15) is 64.9 Å². The fourth-order valence-corrected chi connectivity index (χ4v) is 7.51. The molecule has 33 heavy (non-hydrogen) atoms. The number of rotatable bonds is 16. The fraction of sp³-hybridized carbons (Fsp3) is 0.583. The standard InChI is InChI=1S/C24H37O7PS/c1-4-7-8-9-17-29-23-16-15-21-18-20(13-14-22(21)19-23)11-10-12-24(33(26,27)28)32(25,30-5-2)31-6-3/h13-16,18-19,24H,4-12,17H2,1-3H3,(H,26,27,28). The monoisotopic (exact) mass is 500 g/mol. The molecule has 0 aliphatic heterocycles. The number of benzene rings is 2. The second kappa shape index (κ2) is 13.4. The molecule has 1 atom stereocenters. The molecule has 0 heterocycles. The van der Waals surface area contributed by atoms with Crippen LogP contribution in [0.4, 0.5) is 0 Å². The zero-order valence-corrected chi connectivity index (χ0v) is 21.6. The van der Waals surface area contributed by atoms with E-state index in [0.29, 0.717) is 19.4 Å². The Labute approximate surface area is 198 Å². The van der Waals surface area contributed by atoms with Gasteiger partial charge in [0.1, 0.15) is 5.75 Å². The van der Waals surface area contributed by atoms with Crippen LogP contribution in [0.25, 0.3) is 10.8 Å². The molecule has 0 aromatic heterocycles. The Morgan fingerprint density at radius 3 is 2.21 bits per heavy atom. The van der Waals surface area contributed by atoms with Gasteiger partial charge in [-0.25, -0.2) is 0 Å². The molecule has 0 aliphatic carbocycles. The second-order valence-corrected chi connectivity index (χ2v) is 12.2. The van der Waals surface area contributed by atoms with Crippen LogP contribution in [0.3, 0.4) is 0 Å². The van der Waals surface area contributed by atoms with Crippen molar-refractivity contribution in [3.63, 3.8) is 0 Å². The fourth-order valence-electron chi connectivity index (χ4n) is 3.75. The Morgan fingerprint density at radius 2 is 1.58 bits per heavy atom. The minimum absolute atomic E-state index is 0.0262. The largest absolute Gasteiger partial charge is 0.494 e. The van der Waals surface area contributed by atoms with Crippen LogP contribution in [0, 0.1) is 0 Å². The van der Waals surface area contributed by atoms with Crippen molar-refractivity contribution in [2.75, 3.05) is 19.8 Å². The molecule has 1 N–H and O–H groups in total. The van der Waals surface area contributed by atoms with Gasteiger partial charge in [0.05, 0.1) is 19.8 Å². The minimum atomic E-state index is -4.60. The van der Waals surface area contributed by atoms with Crippen molar-refractivity contribution in [1.82, 2.24) is 0 Å². The number of aryl methyl sites for hydroxylation is 1. The van der Waals surface area contributed by atoms with E-state index in [-0.39, 0.29) is 19.6 Å². The van der Waals surface area contributed by atoms with Crippen molar-refractivity contribution in [2.45, 2.75) is 70.7 Å². The summed E-state index contributed by atoms with van der Waals surface area (Å²) >= 11 is 0. The van der Waals surface area contributed by atoms with E-state index in [1.54, 1.807) is 13.8 Å². The van der Waals surface area contributed by atoms with Gasteiger partial charge in [-0.15, -0.1) is 0 Å². The van der Waals surface area contributed by atoms with E-state index < -0.39 is 22.7 Å². The van der Waals surface area contributed by atoms with Gasteiger partial charge in [0.15, 0.2) is 4.99 Å². The quantitative estimate of drug-likeness (QED) is 0.157. The van der Waals surface area contributed by atoms with E-state index in [1.165, 1.54) is 19.3 Å². The van der Waals surface area contributed by atoms with Gasteiger partial charge in [0.2, 0.25) is 0 Å². The zero-order valence-electron chi connectivity index (χ0n) is 19.9. The summed E-state index contributed by atoms with van der Waals surface area (Å²) in [5, 5.41) is 2.13. The van der Waals surface area contributed by atoms with E-state index in [4.69, 9.17) is 13.8 Å². The van der Waals surface area contributed by atoms with Crippen LogP contribution in [-0.2, 0) is 30.2 Å². The molecule has 7 nitrogen and oxygen atoms in total. The van der Waals surface area contributed by atoms with E-state index in [0.717, 1.165) is 28.5 Å². The Balaban J connectivity index is 2.01. The number of ether oxygens (including phenoxy) is 1. The van der Waals surface area contributed by atoms with Crippen molar-refractivity contribution >= 4 is 28.5 Å². The van der Waals surface area contributed by atoms with E-state index in [2.05, 4.69) is 6.92 Å². The molecule has 0 amide bonds. The average Bonchev–Trinajstić information content (AvgIpc) is 2.76. The summed E-state index contributed by atoms with van der Waals surface area (Å²) < 4.78 is 62.6. The zero-order chi connectivity index (χ0) is 24.3. The number of fused-ring (bicyclic) bond motifs is 1. The molecule has 1 unspecified atom stereocenters. The van der Waals surface area contributed by atoms with E-state index in [1.807, 2.05) is 36.4 Å². The van der Waals surface area contributed by atoms with Crippen LogP contribution in [0.5, 0.6) is 5.75 Å². The predicted molar refractivity (Wildman–Crippen MR) is 133 cm³/mol. The van der Waals surface area contributed by atoms with Gasteiger partial charge in [-0.3, -0.25) is 9.12 Å². The van der Waals surface area contributed by atoms with Crippen molar-refractivity contribution in [3.8, 4) is 5.75 Å². The highest BCUT2D eigenvalue weighted by atomic mass is 32.2. The normalized spacial score (nSPS) is 13.3. The Kier molecular flexibility index (Phi) is 11.3. The summed E-state index contributed by atoms with van der Waals surface area (Å²) in [5.74, 6) is 0.852. The highest BCUT2D eigenvalue weighted by Crippen LogP contribution is 2.56. The third kappa shape index (κ3) is 8.69. The first-order valence-electron chi connectivity index (χ1n) is 11.7. The van der Waals surface area contributed by atoms with Crippen molar-refractivity contribution < 1.29 is 31.3 Å². The van der Waals surface area contributed by atoms with Gasteiger partial charge >= 0.3 is 7.60 Å². The van der Waals surface area contributed by atoms with Gasteiger partial charge in [-0.2, -0.15) is 8.42 Å². The molecule has 2 aromatic rings. The molecule has 0 aliphatic rings. The Bertz CT molecular complexity index is 1010. The Hall–Kier alpha value is -1.44. The lowest BCUT2D eigenvalue weighted by Crippen LogP contribution is -2.23. The van der Waals surface area contributed by atoms with Gasteiger partial charge in [0, 0.05) is 0 Å². The maximum atomic E-state index is 12.9. The van der Waals surface area contributed by atoms with Gasteiger partial charge in [-0.05, 0) is 68.0 Å². The first-order valence-corrected chi connectivity index (χ1v) is 14.9. The molecule has 186 valence electrons. The molecule has 9 heteroatoms. The van der Waals surface area contributed by atoms with Crippen LogP contribution in [0.15, 0.2) is 36.4 Å². The van der Waals surface area contributed by atoms with Crippen molar-refractivity contribution in [2.24, 2.45) is 0 Å². The van der Waals surface area contributed by atoms with Gasteiger partial charge in [0.25, 0.3) is 10.1 Å².